The van der Waals surface area contributed by atoms with Gasteiger partial charge in [0.25, 0.3) is 0 Å². The van der Waals surface area contributed by atoms with Crippen LogP contribution in [0.25, 0.3) is 0 Å². The van der Waals surface area contributed by atoms with Crippen LogP contribution in [0.2, 0.25) is 0 Å². The van der Waals surface area contributed by atoms with Crippen LogP contribution in [-0.4, -0.2) is 36.7 Å². The van der Waals surface area contributed by atoms with E-state index in [1.165, 1.54) is 12.0 Å². The van der Waals surface area contributed by atoms with Crippen LogP contribution >= 0.6 is 0 Å². The van der Waals surface area contributed by atoms with Gasteiger partial charge in [-0.1, -0.05) is 32.0 Å². The van der Waals surface area contributed by atoms with Crippen LogP contribution in [0.1, 0.15) is 45.2 Å². The minimum Gasteiger partial charge on any atom is -0.493 e. The Morgan fingerprint density at radius 2 is 2.14 bits per heavy atom. The van der Waals surface area contributed by atoms with Crippen LogP contribution in [0, 0.1) is 5.92 Å². The molecule has 0 bridgehead atoms. The SMILES string of the molecule is CC(C)CC1CN(C2CCOc3ccccc32)C(C)CN1. The molecule has 0 spiro atoms. The lowest BCUT2D eigenvalue weighted by atomic mass is 9.93. The van der Waals surface area contributed by atoms with Crippen molar-refractivity contribution < 1.29 is 4.74 Å². The lowest BCUT2D eigenvalue weighted by Gasteiger charge is -2.45. The molecule has 1 saturated heterocycles. The Hall–Kier alpha value is -1.06. The van der Waals surface area contributed by atoms with E-state index in [-0.39, 0.29) is 0 Å². The van der Waals surface area contributed by atoms with E-state index in [4.69, 9.17) is 4.74 Å². The maximum Gasteiger partial charge on any atom is 0.124 e. The summed E-state index contributed by atoms with van der Waals surface area (Å²) in [5, 5.41) is 3.72. The molecule has 2 heterocycles. The Morgan fingerprint density at radius 3 is 2.95 bits per heavy atom. The van der Waals surface area contributed by atoms with Crippen molar-refractivity contribution in [2.24, 2.45) is 5.92 Å². The first-order chi connectivity index (χ1) is 10.1. The average Bonchev–Trinajstić information content (AvgIpc) is 2.48. The third-order valence-electron chi connectivity index (χ3n) is 4.78. The zero-order valence-electron chi connectivity index (χ0n) is 13.5. The molecule has 3 rings (SSSR count). The number of nitrogens with zero attached hydrogens (tertiary/aromatic N) is 1. The van der Waals surface area contributed by atoms with E-state index in [1.54, 1.807) is 0 Å². The molecule has 3 heteroatoms. The van der Waals surface area contributed by atoms with Gasteiger partial charge in [0, 0.05) is 43.2 Å². The molecule has 0 aromatic heterocycles. The van der Waals surface area contributed by atoms with Gasteiger partial charge in [-0.3, -0.25) is 4.90 Å². The average molecular weight is 288 g/mol. The summed E-state index contributed by atoms with van der Waals surface area (Å²) in [6, 6.07) is 10.3. The van der Waals surface area contributed by atoms with Crippen LogP contribution in [0.4, 0.5) is 0 Å². The summed E-state index contributed by atoms with van der Waals surface area (Å²) in [5.41, 5.74) is 1.38. The van der Waals surface area contributed by atoms with E-state index in [0.717, 1.165) is 37.8 Å². The molecular formula is C18H28N2O. The Balaban J connectivity index is 1.79. The topological polar surface area (TPSA) is 24.5 Å². The van der Waals surface area contributed by atoms with Crippen molar-refractivity contribution in [3.63, 3.8) is 0 Å². The monoisotopic (exact) mass is 288 g/mol. The predicted octanol–water partition coefficient (Wildman–Crippen LogP) is 3.22. The maximum atomic E-state index is 5.83. The standard InChI is InChI=1S/C18H28N2O/c1-13(2)10-15-12-20(14(3)11-19-15)17-8-9-21-18-7-5-4-6-16(17)18/h4-7,13-15,17,19H,8-12H2,1-3H3. The van der Waals surface area contributed by atoms with Crippen LogP contribution < -0.4 is 10.1 Å². The maximum absolute atomic E-state index is 5.83. The number of para-hydroxylation sites is 1. The quantitative estimate of drug-likeness (QED) is 0.924. The number of fused-ring (bicyclic) bond motifs is 1. The molecule has 3 nitrogen and oxygen atoms in total. The molecule has 1 aromatic rings. The van der Waals surface area contributed by atoms with Gasteiger partial charge in [0.15, 0.2) is 0 Å². The third-order valence-corrected chi connectivity index (χ3v) is 4.78. The number of benzene rings is 1. The molecule has 116 valence electrons. The smallest absolute Gasteiger partial charge is 0.124 e. The summed E-state index contributed by atoms with van der Waals surface area (Å²) in [5.74, 6) is 1.83. The Bertz CT molecular complexity index is 474. The molecule has 1 fully saturated rings. The van der Waals surface area contributed by atoms with Crippen molar-refractivity contribution in [2.75, 3.05) is 19.7 Å². The van der Waals surface area contributed by atoms with Gasteiger partial charge in [-0.15, -0.1) is 0 Å². The van der Waals surface area contributed by atoms with E-state index < -0.39 is 0 Å². The number of nitrogens with one attached hydrogen (secondary N) is 1. The number of rotatable bonds is 3. The Morgan fingerprint density at radius 1 is 1.33 bits per heavy atom. The number of hydrogen-bond acceptors (Lipinski definition) is 3. The summed E-state index contributed by atoms with van der Waals surface area (Å²) < 4.78 is 5.83. The van der Waals surface area contributed by atoms with E-state index in [9.17, 15) is 0 Å². The van der Waals surface area contributed by atoms with E-state index >= 15 is 0 Å². The van der Waals surface area contributed by atoms with Gasteiger partial charge in [-0.2, -0.15) is 0 Å². The molecule has 2 aliphatic rings. The number of piperazine rings is 1. The van der Waals surface area contributed by atoms with Gasteiger partial charge in [0.2, 0.25) is 0 Å². The van der Waals surface area contributed by atoms with Gasteiger partial charge in [-0.25, -0.2) is 0 Å². The lowest BCUT2D eigenvalue weighted by Crippen LogP contribution is -2.57. The first-order valence-electron chi connectivity index (χ1n) is 8.36. The fourth-order valence-corrected chi connectivity index (χ4v) is 3.78. The molecular weight excluding hydrogens is 260 g/mol. The summed E-state index contributed by atoms with van der Waals surface area (Å²) in [6.07, 6.45) is 2.36. The van der Waals surface area contributed by atoms with Crippen molar-refractivity contribution in [3.05, 3.63) is 29.8 Å². The van der Waals surface area contributed by atoms with Crippen LogP contribution in [0.3, 0.4) is 0 Å². The highest BCUT2D eigenvalue weighted by Gasteiger charge is 2.34. The third kappa shape index (κ3) is 3.24. The fraction of sp³-hybridized carbons (Fsp3) is 0.667. The van der Waals surface area contributed by atoms with Crippen molar-refractivity contribution in [1.29, 1.82) is 0 Å². The normalized spacial score (nSPS) is 30.0. The first kappa shape index (κ1) is 14.9. The zero-order chi connectivity index (χ0) is 14.8. The molecule has 0 saturated carbocycles. The molecule has 0 radical (unpaired) electrons. The second-order valence-electron chi connectivity index (χ2n) is 6.97. The minimum absolute atomic E-state index is 0.515. The van der Waals surface area contributed by atoms with Gasteiger partial charge in [0.05, 0.1) is 6.61 Å². The van der Waals surface area contributed by atoms with Crippen molar-refractivity contribution in [1.82, 2.24) is 10.2 Å². The largest absolute Gasteiger partial charge is 0.493 e. The summed E-state index contributed by atoms with van der Waals surface area (Å²) in [7, 11) is 0. The second-order valence-corrected chi connectivity index (χ2v) is 6.97. The molecule has 3 unspecified atom stereocenters. The molecule has 2 aliphatic heterocycles. The zero-order valence-corrected chi connectivity index (χ0v) is 13.5. The molecule has 1 N–H and O–H groups in total. The molecule has 1 aromatic carbocycles. The molecule has 0 amide bonds. The highest BCUT2D eigenvalue weighted by molar-refractivity contribution is 5.37. The number of ether oxygens (including phenoxy) is 1. The van der Waals surface area contributed by atoms with Crippen LogP contribution in [0.5, 0.6) is 5.75 Å². The number of hydrogen-bond donors (Lipinski definition) is 1. The van der Waals surface area contributed by atoms with Crippen molar-refractivity contribution in [3.8, 4) is 5.75 Å². The summed E-state index contributed by atoms with van der Waals surface area (Å²) in [6.45, 7) is 10.1. The Kier molecular flexibility index (Phi) is 4.51. The highest BCUT2D eigenvalue weighted by Crippen LogP contribution is 2.37. The van der Waals surface area contributed by atoms with Crippen molar-refractivity contribution in [2.45, 2.75) is 51.7 Å². The fourth-order valence-electron chi connectivity index (χ4n) is 3.78. The van der Waals surface area contributed by atoms with E-state index in [2.05, 4.69) is 55.3 Å². The van der Waals surface area contributed by atoms with E-state index in [1.807, 2.05) is 0 Å². The van der Waals surface area contributed by atoms with Gasteiger partial charge in [0.1, 0.15) is 5.75 Å². The first-order valence-corrected chi connectivity index (χ1v) is 8.36. The predicted molar refractivity (Wildman–Crippen MR) is 86.7 cm³/mol. The second kappa shape index (κ2) is 6.37. The van der Waals surface area contributed by atoms with Crippen molar-refractivity contribution >= 4 is 0 Å². The summed E-state index contributed by atoms with van der Waals surface area (Å²) >= 11 is 0. The Labute approximate surface area is 128 Å². The van der Waals surface area contributed by atoms with Crippen LogP contribution in [0.15, 0.2) is 24.3 Å². The molecule has 0 aliphatic carbocycles. The van der Waals surface area contributed by atoms with Gasteiger partial charge < -0.3 is 10.1 Å². The summed E-state index contributed by atoms with van der Waals surface area (Å²) in [4.78, 5) is 2.70. The molecule has 21 heavy (non-hydrogen) atoms. The van der Waals surface area contributed by atoms with Crippen LogP contribution in [-0.2, 0) is 0 Å². The van der Waals surface area contributed by atoms with Gasteiger partial charge in [-0.05, 0) is 25.3 Å². The minimum atomic E-state index is 0.515. The highest BCUT2D eigenvalue weighted by atomic mass is 16.5. The van der Waals surface area contributed by atoms with E-state index in [0.29, 0.717) is 18.1 Å². The van der Waals surface area contributed by atoms with Gasteiger partial charge >= 0.3 is 0 Å². The molecule has 3 atom stereocenters. The lowest BCUT2D eigenvalue weighted by molar-refractivity contribution is 0.0609.